The van der Waals surface area contributed by atoms with Gasteiger partial charge in [0.15, 0.2) is 0 Å². The molecule has 0 bridgehead atoms. The zero-order chi connectivity index (χ0) is 10.8. The summed E-state index contributed by atoms with van der Waals surface area (Å²) in [7, 11) is 0. The minimum absolute atomic E-state index is 0.0896. The van der Waals surface area contributed by atoms with Crippen molar-refractivity contribution in [1.82, 2.24) is 9.38 Å². The van der Waals surface area contributed by atoms with Gasteiger partial charge in [-0.2, -0.15) is 0 Å². The molecule has 0 saturated heterocycles. The second-order valence-corrected chi connectivity index (χ2v) is 3.96. The molecule has 2 rings (SSSR count). The van der Waals surface area contributed by atoms with Crippen molar-refractivity contribution in [2.45, 2.75) is 32.7 Å². The van der Waals surface area contributed by atoms with Crippen LogP contribution in [-0.2, 0) is 0 Å². The summed E-state index contributed by atoms with van der Waals surface area (Å²) in [5.74, 6) is 0. The number of imidazole rings is 1. The maximum Gasteiger partial charge on any atom is 0.139 e. The molecule has 0 saturated carbocycles. The maximum absolute atomic E-state index is 6.11. The minimum atomic E-state index is 0.0896. The number of aromatic nitrogens is 2. The summed E-state index contributed by atoms with van der Waals surface area (Å²) in [5.41, 5.74) is 9.41. The van der Waals surface area contributed by atoms with E-state index in [1.807, 2.05) is 18.5 Å². The van der Waals surface area contributed by atoms with Gasteiger partial charge in [-0.25, -0.2) is 4.98 Å². The van der Waals surface area contributed by atoms with Crippen molar-refractivity contribution in [3.05, 3.63) is 35.8 Å². The third-order valence-electron chi connectivity index (χ3n) is 2.74. The molecule has 0 spiro atoms. The third-order valence-corrected chi connectivity index (χ3v) is 2.74. The van der Waals surface area contributed by atoms with Crippen LogP contribution in [0.15, 0.2) is 24.5 Å². The van der Waals surface area contributed by atoms with Gasteiger partial charge in [0.05, 0.1) is 11.9 Å². The topological polar surface area (TPSA) is 43.3 Å². The molecule has 0 unspecified atom stereocenters. The Bertz CT molecular complexity index is 459. The fraction of sp³-hybridized carbons (Fsp3) is 0.417. The molecule has 3 heteroatoms. The van der Waals surface area contributed by atoms with Gasteiger partial charge in [0.25, 0.3) is 0 Å². The predicted molar refractivity (Wildman–Crippen MR) is 61.8 cm³/mol. The Kier molecular flexibility index (Phi) is 2.73. The molecule has 80 valence electrons. The van der Waals surface area contributed by atoms with Crippen LogP contribution in [0.1, 0.15) is 37.1 Å². The highest BCUT2D eigenvalue weighted by Crippen LogP contribution is 2.18. The molecular weight excluding hydrogens is 186 g/mol. The molecule has 0 aromatic carbocycles. The van der Waals surface area contributed by atoms with Crippen molar-refractivity contribution in [1.29, 1.82) is 0 Å². The van der Waals surface area contributed by atoms with Gasteiger partial charge >= 0.3 is 0 Å². The van der Waals surface area contributed by atoms with E-state index >= 15 is 0 Å². The van der Waals surface area contributed by atoms with Crippen molar-refractivity contribution >= 4 is 5.65 Å². The highest BCUT2D eigenvalue weighted by atomic mass is 15.0. The van der Waals surface area contributed by atoms with E-state index < -0.39 is 0 Å². The van der Waals surface area contributed by atoms with Crippen molar-refractivity contribution in [3.63, 3.8) is 0 Å². The molecule has 0 aliphatic heterocycles. The van der Waals surface area contributed by atoms with Crippen LogP contribution >= 0.6 is 0 Å². The lowest BCUT2D eigenvalue weighted by Gasteiger charge is -2.09. The Balaban J connectivity index is 2.49. The molecule has 3 nitrogen and oxygen atoms in total. The van der Waals surface area contributed by atoms with Gasteiger partial charge in [-0.1, -0.05) is 19.4 Å². The predicted octanol–water partition coefficient (Wildman–Crippen LogP) is 2.44. The Hall–Kier alpha value is -1.35. The van der Waals surface area contributed by atoms with Crippen molar-refractivity contribution < 1.29 is 0 Å². The largest absolute Gasteiger partial charge is 0.323 e. The fourth-order valence-corrected chi connectivity index (χ4v) is 1.90. The van der Waals surface area contributed by atoms with Crippen LogP contribution in [0.4, 0.5) is 0 Å². The molecule has 0 aliphatic carbocycles. The fourth-order valence-electron chi connectivity index (χ4n) is 1.90. The monoisotopic (exact) mass is 203 g/mol. The first-order valence-electron chi connectivity index (χ1n) is 5.42. The highest BCUT2D eigenvalue weighted by Gasteiger charge is 2.11. The van der Waals surface area contributed by atoms with E-state index in [0.717, 1.165) is 24.2 Å². The van der Waals surface area contributed by atoms with E-state index in [4.69, 9.17) is 5.73 Å². The van der Waals surface area contributed by atoms with Gasteiger partial charge in [0.2, 0.25) is 0 Å². The average Bonchev–Trinajstić information content (AvgIpc) is 2.63. The highest BCUT2D eigenvalue weighted by molar-refractivity contribution is 5.48. The maximum atomic E-state index is 6.11. The molecule has 1 atom stereocenters. The molecule has 15 heavy (non-hydrogen) atoms. The Morgan fingerprint density at radius 3 is 3.07 bits per heavy atom. The first-order valence-corrected chi connectivity index (χ1v) is 5.42. The first kappa shape index (κ1) is 10.2. The Morgan fingerprint density at radius 2 is 2.33 bits per heavy atom. The number of aryl methyl sites for hydroxylation is 1. The zero-order valence-corrected chi connectivity index (χ0v) is 9.27. The number of pyridine rings is 1. The normalized spacial score (nSPS) is 13.3. The number of nitrogens with zero attached hydrogens (tertiary/aromatic N) is 2. The van der Waals surface area contributed by atoms with Crippen LogP contribution in [0.25, 0.3) is 5.65 Å². The van der Waals surface area contributed by atoms with Gasteiger partial charge in [-0.3, -0.25) is 0 Å². The third kappa shape index (κ3) is 1.75. The van der Waals surface area contributed by atoms with E-state index in [1.54, 1.807) is 0 Å². The van der Waals surface area contributed by atoms with Gasteiger partial charge in [0, 0.05) is 12.2 Å². The van der Waals surface area contributed by atoms with Crippen molar-refractivity contribution in [3.8, 4) is 0 Å². The van der Waals surface area contributed by atoms with Gasteiger partial charge < -0.3 is 10.1 Å². The summed E-state index contributed by atoms with van der Waals surface area (Å²) in [6.45, 7) is 4.21. The molecule has 0 aliphatic rings. The lowest BCUT2D eigenvalue weighted by atomic mass is 10.1. The number of fused-ring (bicyclic) bond motifs is 1. The van der Waals surface area contributed by atoms with E-state index in [9.17, 15) is 0 Å². The molecule has 2 aromatic heterocycles. The summed E-state index contributed by atoms with van der Waals surface area (Å²) >= 11 is 0. The number of hydrogen-bond donors (Lipinski definition) is 1. The van der Waals surface area contributed by atoms with Crippen LogP contribution in [-0.4, -0.2) is 9.38 Å². The quantitative estimate of drug-likeness (QED) is 0.832. The SMILES string of the molecule is CCC[C@H](N)c1cnc2c(C)cccn12. The van der Waals surface area contributed by atoms with Crippen LogP contribution in [0.5, 0.6) is 0 Å². The Morgan fingerprint density at radius 1 is 1.53 bits per heavy atom. The van der Waals surface area contributed by atoms with Gasteiger partial charge in [-0.05, 0) is 25.0 Å². The average molecular weight is 203 g/mol. The van der Waals surface area contributed by atoms with Crippen LogP contribution in [0.3, 0.4) is 0 Å². The molecular formula is C12H17N3. The Labute approximate surface area is 89.9 Å². The molecule has 2 N–H and O–H groups in total. The summed E-state index contributed by atoms with van der Waals surface area (Å²) in [6.07, 6.45) is 6.02. The molecule has 2 heterocycles. The number of rotatable bonds is 3. The van der Waals surface area contributed by atoms with Crippen molar-refractivity contribution in [2.75, 3.05) is 0 Å². The van der Waals surface area contributed by atoms with E-state index in [-0.39, 0.29) is 6.04 Å². The molecule has 0 amide bonds. The minimum Gasteiger partial charge on any atom is -0.323 e. The van der Waals surface area contributed by atoms with Crippen LogP contribution in [0, 0.1) is 6.92 Å². The van der Waals surface area contributed by atoms with E-state index in [1.165, 1.54) is 5.56 Å². The lowest BCUT2D eigenvalue weighted by molar-refractivity contribution is 0.617. The summed E-state index contributed by atoms with van der Waals surface area (Å²) < 4.78 is 2.09. The zero-order valence-electron chi connectivity index (χ0n) is 9.27. The number of nitrogens with two attached hydrogens (primary N) is 1. The summed E-state index contributed by atoms with van der Waals surface area (Å²) in [5, 5.41) is 0. The molecule has 0 radical (unpaired) electrons. The smallest absolute Gasteiger partial charge is 0.139 e. The molecule has 0 fully saturated rings. The molecule has 2 aromatic rings. The standard InChI is InChI=1S/C12H17N3/c1-3-5-10(13)11-8-14-12-9(2)6-4-7-15(11)12/h4,6-8,10H,3,5,13H2,1-2H3/t10-/m0/s1. The van der Waals surface area contributed by atoms with E-state index in [2.05, 4.69) is 29.3 Å². The first-order chi connectivity index (χ1) is 7.24. The summed E-state index contributed by atoms with van der Waals surface area (Å²) in [6, 6.07) is 4.19. The van der Waals surface area contributed by atoms with Gasteiger partial charge in [0.1, 0.15) is 5.65 Å². The van der Waals surface area contributed by atoms with E-state index in [0.29, 0.717) is 0 Å². The summed E-state index contributed by atoms with van der Waals surface area (Å²) in [4.78, 5) is 4.40. The second-order valence-electron chi connectivity index (χ2n) is 3.96. The van der Waals surface area contributed by atoms with Crippen molar-refractivity contribution in [2.24, 2.45) is 5.73 Å². The van der Waals surface area contributed by atoms with Gasteiger partial charge in [-0.15, -0.1) is 0 Å². The van der Waals surface area contributed by atoms with Crippen LogP contribution in [0.2, 0.25) is 0 Å². The lowest BCUT2D eigenvalue weighted by Crippen LogP contribution is -2.12. The number of hydrogen-bond acceptors (Lipinski definition) is 2. The second kappa shape index (κ2) is 4.03. The van der Waals surface area contributed by atoms with Crippen LogP contribution < -0.4 is 5.73 Å².